The molecule has 0 saturated carbocycles. The van der Waals surface area contributed by atoms with Crippen molar-refractivity contribution in [1.82, 2.24) is 10.2 Å². The number of nitrogens with zero attached hydrogens (tertiary/aromatic N) is 1. The normalized spacial score (nSPS) is 11.5. The molecule has 0 aliphatic heterocycles. The van der Waals surface area contributed by atoms with Crippen molar-refractivity contribution < 1.29 is 23.1 Å². The largest absolute Gasteiger partial charge is 0.507 e. The van der Waals surface area contributed by atoms with E-state index in [0.29, 0.717) is 6.07 Å². The fraction of sp³-hybridized carbons (Fsp3) is 0.0909. The molecule has 4 nitrogen and oxygen atoms in total. The first-order chi connectivity index (χ1) is 8.39. The Kier molecular flexibility index (Phi) is 2.82. The third-order valence-electron chi connectivity index (χ3n) is 2.26. The van der Waals surface area contributed by atoms with E-state index in [1.165, 1.54) is 24.3 Å². The first kappa shape index (κ1) is 12.2. The van der Waals surface area contributed by atoms with Crippen molar-refractivity contribution in [3.05, 3.63) is 47.3 Å². The second kappa shape index (κ2) is 4.17. The summed E-state index contributed by atoms with van der Waals surface area (Å²) < 4.78 is 36.9. The van der Waals surface area contributed by atoms with Crippen molar-refractivity contribution in [1.29, 1.82) is 0 Å². The van der Waals surface area contributed by atoms with E-state index >= 15 is 0 Å². The minimum absolute atomic E-state index is 0.0993. The van der Waals surface area contributed by atoms with Gasteiger partial charge in [-0.1, -0.05) is 12.1 Å². The molecule has 94 valence electrons. The van der Waals surface area contributed by atoms with Gasteiger partial charge in [0.1, 0.15) is 17.1 Å². The van der Waals surface area contributed by atoms with E-state index in [9.17, 15) is 23.1 Å². The molecule has 2 aromatic rings. The molecule has 1 heterocycles. The van der Waals surface area contributed by atoms with E-state index in [0.717, 1.165) is 0 Å². The minimum Gasteiger partial charge on any atom is -0.507 e. The Hall–Kier alpha value is -2.31. The number of aromatic nitrogens is 2. The summed E-state index contributed by atoms with van der Waals surface area (Å²) in [5.74, 6) is -1.08. The maximum atomic E-state index is 12.3. The highest BCUT2D eigenvalue weighted by atomic mass is 19.4. The molecule has 0 unspecified atom stereocenters. The lowest BCUT2D eigenvalue weighted by Gasteiger charge is -2.00. The summed E-state index contributed by atoms with van der Waals surface area (Å²) in [6.45, 7) is 0. The van der Waals surface area contributed by atoms with Gasteiger partial charge in [-0.3, -0.25) is 9.89 Å². The number of nitrogens with one attached hydrogen (secondary N) is 1. The van der Waals surface area contributed by atoms with Gasteiger partial charge in [0.15, 0.2) is 0 Å². The molecule has 0 spiro atoms. The number of phenolic OH excluding ortho intramolecular Hbond substituents is 1. The number of aromatic hydroxyl groups is 1. The number of alkyl halides is 3. The van der Waals surface area contributed by atoms with E-state index < -0.39 is 23.3 Å². The van der Waals surface area contributed by atoms with Gasteiger partial charge in [0.2, 0.25) is 5.78 Å². The molecular formula is C11H7F3N2O2. The number of phenols is 1. The molecule has 0 fully saturated rings. The summed E-state index contributed by atoms with van der Waals surface area (Å²) in [6, 6.07) is 6.17. The van der Waals surface area contributed by atoms with Gasteiger partial charge >= 0.3 is 6.18 Å². The lowest BCUT2D eigenvalue weighted by atomic mass is 10.1. The molecule has 0 bridgehead atoms. The number of rotatable bonds is 2. The monoisotopic (exact) mass is 256 g/mol. The number of H-pyrrole nitrogens is 1. The molecule has 0 atom stereocenters. The summed E-state index contributed by atoms with van der Waals surface area (Å²) in [5, 5.41) is 14.5. The quantitative estimate of drug-likeness (QED) is 0.810. The van der Waals surface area contributed by atoms with Crippen molar-refractivity contribution in [2.45, 2.75) is 6.18 Å². The highest BCUT2D eigenvalue weighted by Crippen LogP contribution is 2.28. The number of benzene rings is 1. The Labute approximate surface area is 99.1 Å². The van der Waals surface area contributed by atoms with Crippen LogP contribution in [0.1, 0.15) is 21.7 Å². The van der Waals surface area contributed by atoms with Crippen LogP contribution in [0.5, 0.6) is 5.75 Å². The Morgan fingerprint density at radius 2 is 1.94 bits per heavy atom. The molecule has 18 heavy (non-hydrogen) atoms. The van der Waals surface area contributed by atoms with Crippen LogP contribution in [0.2, 0.25) is 0 Å². The predicted molar refractivity (Wildman–Crippen MR) is 55.1 cm³/mol. The summed E-state index contributed by atoms with van der Waals surface area (Å²) in [5.41, 5.74) is -1.61. The second-order valence-corrected chi connectivity index (χ2v) is 3.51. The highest BCUT2D eigenvalue weighted by molar-refractivity contribution is 6.09. The molecule has 1 aromatic heterocycles. The molecule has 0 saturated heterocycles. The zero-order chi connectivity index (χ0) is 13.3. The molecule has 0 aliphatic rings. The van der Waals surface area contributed by atoms with Gasteiger partial charge in [-0.25, -0.2) is 0 Å². The average Bonchev–Trinajstić information content (AvgIpc) is 2.77. The van der Waals surface area contributed by atoms with Crippen LogP contribution in [0.3, 0.4) is 0 Å². The van der Waals surface area contributed by atoms with Crippen LogP contribution >= 0.6 is 0 Å². The van der Waals surface area contributed by atoms with Crippen molar-refractivity contribution in [3.8, 4) is 5.75 Å². The molecule has 0 amide bonds. The number of carbonyl (C=O) groups is 1. The smallest absolute Gasteiger partial charge is 0.432 e. The van der Waals surface area contributed by atoms with E-state index in [4.69, 9.17) is 0 Å². The molecule has 1 aromatic carbocycles. The van der Waals surface area contributed by atoms with Crippen LogP contribution in [0.15, 0.2) is 30.3 Å². The zero-order valence-electron chi connectivity index (χ0n) is 8.82. The minimum atomic E-state index is -4.59. The number of para-hydroxylation sites is 1. The second-order valence-electron chi connectivity index (χ2n) is 3.51. The average molecular weight is 256 g/mol. The van der Waals surface area contributed by atoms with Crippen LogP contribution in [-0.2, 0) is 6.18 Å². The number of hydrogen-bond donors (Lipinski definition) is 2. The number of ketones is 1. The standard InChI is InChI=1S/C11H7F3N2O2/c12-11(13,14)9-5-7(15-16-9)10(18)6-3-1-2-4-8(6)17/h1-5,17H,(H,15,16). The topological polar surface area (TPSA) is 66.0 Å². The molecule has 2 N–H and O–H groups in total. The van der Waals surface area contributed by atoms with E-state index in [-0.39, 0.29) is 11.3 Å². The van der Waals surface area contributed by atoms with Gasteiger partial charge in [-0.15, -0.1) is 0 Å². The van der Waals surface area contributed by atoms with Crippen LogP contribution in [0, 0.1) is 0 Å². The van der Waals surface area contributed by atoms with Crippen LogP contribution in [0.4, 0.5) is 13.2 Å². The van der Waals surface area contributed by atoms with E-state index in [1.54, 1.807) is 5.10 Å². The maximum absolute atomic E-state index is 12.3. The van der Waals surface area contributed by atoms with Gasteiger partial charge in [-0.2, -0.15) is 18.3 Å². The number of halogens is 3. The van der Waals surface area contributed by atoms with Crippen LogP contribution < -0.4 is 0 Å². The van der Waals surface area contributed by atoms with Crippen LogP contribution in [-0.4, -0.2) is 21.1 Å². The zero-order valence-corrected chi connectivity index (χ0v) is 8.82. The van der Waals surface area contributed by atoms with Gasteiger partial charge < -0.3 is 5.11 Å². The highest BCUT2D eigenvalue weighted by Gasteiger charge is 2.34. The summed E-state index contributed by atoms with van der Waals surface area (Å²) >= 11 is 0. The van der Waals surface area contributed by atoms with Crippen molar-refractivity contribution in [2.75, 3.05) is 0 Å². The maximum Gasteiger partial charge on any atom is 0.432 e. The molecular weight excluding hydrogens is 249 g/mol. The Balaban J connectivity index is 2.36. The van der Waals surface area contributed by atoms with E-state index in [2.05, 4.69) is 5.10 Å². The van der Waals surface area contributed by atoms with Gasteiger partial charge in [0.25, 0.3) is 0 Å². The Morgan fingerprint density at radius 1 is 1.28 bits per heavy atom. The summed E-state index contributed by atoms with van der Waals surface area (Å²) in [6.07, 6.45) is -4.59. The fourth-order valence-corrected chi connectivity index (χ4v) is 1.39. The number of carbonyl (C=O) groups excluding carboxylic acids is 1. The molecule has 0 aliphatic carbocycles. The van der Waals surface area contributed by atoms with E-state index in [1.807, 2.05) is 0 Å². The third kappa shape index (κ3) is 2.20. The molecule has 7 heteroatoms. The van der Waals surface area contributed by atoms with Crippen LogP contribution in [0.25, 0.3) is 0 Å². The number of aromatic amines is 1. The molecule has 2 rings (SSSR count). The Bertz CT molecular complexity index is 590. The third-order valence-corrected chi connectivity index (χ3v) is 2.26. The molecule has 0 radical (unpaired) electrons. The van der Waals surface area contributed by atoms with Crippen molar-refractivity contribution >= 4 is 5.78 Å². The van der Waals surface area contributed by atoms with Gasteiger partial charge in [0.05, 0.1) is 5.56 Å². The summed E-state index contributed by atoms with van der Waals surface area (Å²) in [4.78, 5) is 11.8. The van der Waals surface area contributed by atoms with Crippen molar-refractivity contribution in [3.63, 3.8) is 0 Å². The predicted octanol–water partition coefficient (Wildman–Crippen LogP) is 2.37. The van der Waals surface area contributed by atoms with Gasteiger partial charge in [0, 0.05) is 0 Å². The SMILES string of the molecule is O=C(c1cc(C(F)(F)F)[nH]n1)c1ccccc1O. The summed E-state index contributed by atoms with van der Waals surface area (Å²) in [7, 11) is 0. The van der Waals surface area contributed by atoms with Crippen molar-refractivity contribution in [2.24, 2.45) is 0 Å². The lowest BCUT2D eigenvalue weighted by molar-refractivity contribution is -0.141. The first-order valence-electron chi connectivity index (χ1n) is 4.85. The fourth-order valence-electron chi connectivity index (χ4n) is 1.39. The number of hydrogen-bond acceptors (Lipinski definition) is 3. The Morgan fingerprint density at radius 3 is 2.50 bits per heavy atom. The first-order valence-corrected chi connectivity index (χ1v) is 4.85. The lowest BCUT2D eigenvalue weighted by Crippen LogP contribution is -2.05. The van der Waals surface area contributed by atoms with Gasteiger partial charge in [-0.05, 0) is 18.2 Å².